The first-order chi connectivity index (χ1) is 19.8. The van der Waals surface area contributed by atoms with Gasteiger partial charge in [-0.05, 0) is 109 Å². The molecule has 0 spiro atoms. The molecule has 258 valence electrons. The zero-order valence-corrected chi connectivity index (χ0v) is 29.3. The minimum Gasteiger partial charge on any atom is -0.264 e. The molecule has 3 N–H and O–H groups in total. The van der Waals surface area contributed by atoms with Crippen molar-refractivity contribution in [2.24, 2.45) is 57.7 Å². The summed E-state index contributed by atoms with van der Waals surface area (Å²) in [5.41, 5.74) is -0.578. The molecule has 0 aromatic rings. The van der Waals surface area contributed by atoms with Gasteiger partial charge in [0.05, 0.1) is 6.10 Å². The van der Waals surface area contributed by atoms with Gasteiger partial charge in [0.25, 0.3) is 0 Å². The standard InChI is InChI=1S/C29H52O12S3/c1-17(8-9-18(2)27(3,4)5)20-10-11-21-19-14-24(39-42(30,31)32)23-15-25(40-43(33,34)35)26(41-44(36,37)38)16-29(23,7)22(19)12-13-28(20,21)6/h17-26H,8-16H2,1-7H3,(H,30,31,32)(H,33,34,35)(H,36,37,38)/t17-,18+,19+,20-,21+,22+,23-,24+,25+,26-,28-,29-/m1/s1. The lowest BCUT2D eigenvalue weighted by molar-refractivity contribution is -0.184. The Hall–Kier alpha value is -0.390. The van der Waals surface area contributed by atoms with Crippen LogP contribution in [0.5, 0.6) is 0 Å². The van der Waals surface area contributed by atoms with Gasteiger partial charge in [0.2, 0.25) is 0 Å². The third kappa shape index (κ3) is 7.83. The van der Waals surface area contributed by atoms with Gasteiger partial charge in [-0.3, -0.25) is 13.7 Å². The van der Waals surface area contributed by atoms with Crippen LogP contribution in [-0.4, -0.2) is 57.2 Å². The van der Waals surface area contributed by atoms with E-state index in [1.807, 2.05) is 6.92 Å². The Labute approximate surface area is 264 Å². The highest BCUT2D eigenvalue weighted by Crippen LogP contribution is 2.69. The molecule has 0 aliphatic heterocycles. The Kier molecular flexibility index (Phi) is 10.1. The molecule has 0 saturated heterocycles. The minimum atomic E-state index is -5.06. The molecule has 15 heteroatoms. The van der Waals surface area contributed by atoms with Crippen LogP contribution in [0.25, 0.3) is 0 Å². The van der Waals surface area contributed by atoms with E-state index in [0.29, 0.717) is 24.2 Å². The van der Waals surface area contributed by atoms with Crippen LogP contribution in [0.15, 0.2) is 0 Å². The Morgan fingerprint density at radius 2 is 1.23 bits per heavy atom. The van der Waals surface area contributed by atoms with Crippen molar-refractivity contribution in [2.75, 3.05) is 0 Å². The summed E-state index contributed by atoms with van der Waals surface area (Å²) in [7, 11) is -15.0. The summed E-state index contributed by atoms with van der Waals surface area (Å²) in [4.78, 5) is 0. The van der Waals surface area contributed by atoms with E-state index >= 15 is 0 Å². The lowest BCUT2D eigenvalue weighted by Crippen LogP contribution is -2.62. The molecule has 4 saturated carbocycles. The largest absolute Gasteiger partial charge is 0.397 e. The molecule has 4 aliphatic rings. The summed E-state index contributed by atoms with van der Waals surface area (Å²) >= 11 is 0. The molecule has 44 heavy (non-hydrogen) atoms. The van der Waals surface area contributed by atoms with Gasteiger partial charge in [0.15, 0.2) is 0 Å². The first kappa shape index (κ1) is 36.4. The fourth-order valence-electron chi connectivity index (χ4n) is 10.2. The van der Waals surface area contributed by atoms with E-state index in [4.69, 9.17) is 12.5 Å². The third-order valence-corrected chi connectivity index (χ3v) is 14.1. The summed E-state index contributed by atoms with van der Waals surface area (Å²) in [6.45, 7) is 15.7. The third-order valence-electron chi connectivity index (χ3n) is 12.7. The molecule has 0 unspecified atom stereocenters. The molecule has 0 bridgehead atoms. The molecular formula is C29H52O12S3. The molecule has 0 radical (unpaired) electrons. The van der Waals surface area contributed by atoms with Gasteiger partial charge in [-0.25, -0.2) is 12.5 Å². The van der Waals surface area contributed by atoms with Gasteiger partial charge < -0.3 is 0 Å². The van der Waals surface area contributed by atoms with Crippen LogP contribution in [0.3, 0.4) is 0 Å². The SMILES string of the molecule is C[C@H](CC[C@H](C)C(C)(C)C)[C@H]1CC[C@H]2[C@@H]3C[C@H](OS(=O)(=O)O)[C@H]4C[C@H](OS(=O)(=O)O)[C@H](OS(=O)(=O)O)C[C@]4(C)[C@H]3CC[C@]12C. The second kappa shape index (κ2) is 12.2. The van der Waals surface area contributed by atoms with E-state index in [0.717, 1.165) is 38.5 Å². The predicted molar refractivity (Wildman–Crippen MR) is 162 cm³/mol. The first-order valence-corrected chi connectivity index (χ1v) is 19.9. The van der Waals surface area contributed by atoms with Crippen molar-refractivity contribution in [1.82, 2.24) is 0 Å². The summed E-state index contributed by atoms with van der Waals surface area (Å²) in [6.07, 6.45) is 1.92. The molecule has 12 nitrogen and oxygen atoms in total. The van der Waals surface area contributed by atoms with Crippen LogP contribution in [0.1, 0.15) is 106 Å². The summed E-state index contributed by atoms with van der Waals surface area (Å²) in [6, 6.07) is 0. The highest BCUT2D eigenvalue weighted by Gasteiger charge is 2.65. The first-order valence-electron chi connectivity index (χ1n) is 15.8. The predicted octanol–water partition coefficient (Wildman–Crippen LogP) is 5.53. The van der Waals surface area contributed by atoms with Crippen molar-refractivity contribution in [2.45, 2.75) is 125 Å². The maximum absolute atomic E-state index is 12.1. The van der Waals surface area contributed by atoms with E-state index in [2.05, 4.69) is 41.5 Å². The normalized spacial score (nSPS) is 41.3. The van der Waals surface area contributed by atoms with Gasteiger partial charge >= 0.3 is 31.2 Å². The molecule has 0 heterocycles. The van der Waals surface area contributed by atoms with Gasteiger partial charge in [0, 0.05) is 0 Å². The Bertz CT molecular complexity index is 1370. The highest BCUT2D eigenvalue weighted by atomic mass is 32.3. The maximum atomic E-state index is 12.1. The average Bonchev–Trinajstić information content (AvgIpc) is 3.17. The van der Waals surface area contributed by atoms with Crippen molar-refractivity contribution in [1.29, 1.82) is 0 Å². The van der Waals surface area contributed by atoms with Crippen molar-refractivity contribution in [3.8, 4) is 0 Å². The van der Waals surface area contributed by atoms with Crippen LogP contribution < -0.4 is 0 Å². The topological polar surface area (TPSA) is 191 Å². The number of hydrogen-bond acceptors (Lipinski definition) is 9. The number of rotatable bonds is 10. The van der Waals surface area contributed by atoms with Crippen molar-refractivity contribution in [3.05, 3.63) is 0 Å². The molecule has 4 rings (SSSR count). The zero-order chi connectivity index (χ0) is 33.3. The fraction of sp³-hybridized carbons (Fsp3) is 1.00. The van der Waals surface area contributed by atoms with Gasteiger partial charge in [-0.15, -0.1) is 0 Å². The molecule has 0 amide bonds. The smallest absolute Gasteiger partial charge is 0.264 e. The second-order valence-electron chi connectivity index (χ2n) is 15.9. The minimum absolute atomic E-state index is 0.00197. The van der Waals surface area contributed by atoms with Crippen molar-refractivity contribution in [3.63, 3.8) is 0 Å². The number of fused-ring (bicyclic) bond motifs is 5. The van der Waals surface area contributed by atoms with E-state index in [1.54, 1.807) is 0 Å². The summed E-state index contributed by atoms with van der Waals surface area (Å²) in [5.74, 6) is 1.12. The van der Waals surface area contributed by atoms with Crippen LogP contribution in [0.4, 0.5) is 0 Å². The van der Waals surface area contributed by atoms with E-state index in [-0.39, 0.29) is 41.4 Å². The maximum Gasteiger partial charge on any atom is 0.397 e. The quantitative estimate of drug-likeness (QED) is 0.244. The Morgan fingerprint density at radius 3 is 1.77 bits per heavy atom. The van der Waals surface area contributed by atoms with Crippen molar-refractivity contribution >= 4 is 31.2 Å². The van der Waals surface area contributed by atoms with E-state index in [9.17, 15) is 38.9 Å². The van der Waals surface area contributed by atoms with Gasteiger partial charge in [0.1, 0.15) is 12.2 Å². The molecule has 4 fully saturated rings. The molecule has 0 aromatic carbocycles. The summed E-state index contributed by atoms with van der Waals surface area (Å²) in [5, 5.41) is 0. The fourth-order valence-corrected chi connectivity index (χ4v) is 11.7. The molecule has 12 atom stereocenters. The van der Waals surface area contributed by atoms with Crippen LogP contribution in [-0.2, 0) is 43.7 Å². The lowest BCUT2D eigenvalue weighted by atomic mass is 9.43. The zero-order valence-electron chi connectivity index (χ0n) is 26.9. The van der Waals surface area contributed by atoms with Crippen LogP contribution in [0, 0.1) is 57.7 Å². The van der Waals surface area contributed by atoms with Crippen LogP contribution in [0.2, 0.25) is 0 Å². The average molecular weight is 689 g/mol. The molecular weight excluding hydrogens is 637 g/mol. The van der Waals surface area contributed by atoms with Gasteiger partial charge in [-0.2, -0.15) is 25.3 Å². The number of hydrogen-bond donors (Lipinski definition) is 3. The van der Waals surface area contributed by atoms with Crippen LogP contribution >= 0.6 is 0 Å². The Balaban J connectivity index is 1.66. The summed E-state index contributed by atoms with van der Waals surface area (Å²) < 4.78 is 115. The van der Waals surface area contributed by atoms with E-state index < -0.39 is 60.8 Å². The lowest BCUT2D eigenvalue weighted by Gasteiger charge is -2.63. The molecule has 4 aliphatic carbocycles. The van der Waals surface area contributed by atoms with E-state index in [1.165, 1.54) is 0 Å². The highest BCUT2D eigenvalue weighted by molar-refractivity contribution is 7.81. The second-order valence-corrected chi connectivity index (χ2v) is 19.0. The monoisotopic (exact) mass is 688 g/mol. The van der Waals surface area contributed by atoms with Gasteiger partial charge in [-0.1, -0.05) is 54.9 Å². The van der Waals surface area contributed by atoms with Crippen molar-refractivity contribution < 1.29 is 51.5 Å². The molecule has 0 aromatic heterocycles. The Morgan fingerprint density at radius 1 is 0.705 bits per heavy atom.